The lowest BCUT2D eigenvalue weighted by molar-refractivity contribution is -0.0105. The monoisotopic (exact) mass is 575 g/mol. The first-order chi connectivity index (χ1) is 18.1. The Bertz CT molecular complexity index is 1320. The largest absolute Gasteiger partial charge is 0.333 e. The SMILES string of the molecule is CC1(C)C2CC=C(CN(CCN3CCN(S(=O)(=O)c4ccc(Cl)cc4)CC3)C(=O)c3ccccc3Cl)C1C2. The molecule has 2 fully saturated rings. The van der Waals surface area contributed by atoms with Gasteiger partial charge in [-0.2, -0.15) is 4.31 Å². The van der Waals surface area contributed by atoms with Crippen LogP contribution in [0.3, 0.4) is 0 Å². The smallest absolute Gasteiger partial charge is 0.255 e. The fraction of sp³-hybridized carbons (Fsp3) is 0.483. The molecule has 3 aliphatic carbocycles. The highest BCUT2D eigenvalue weighted by atomic mass is 35.5. The quantitative estimate of drug-likeness (QED) is 0.393. The molecule has 1 saturated carbocycles. The van der Waals surface area contributed by atoms with Crippen LogP contribution in [0.5, 0.6) is 0 Å². The Morgan fingerprint density at radius 1 is 1.03 bits per heavy atom. The van der Waals surface area contributed by atoms with Crippen molar-refractivity contribution < 1.29 is 13.2 Å². The molecule has 2 atom stereocenters. The Kier molecular flexibility index (Phi) is 7.96. The molecule has 2 unspecified atom stereocenters. The molecule has 1 saturated heterocycles. The average Bonchev–Trinajstić information content (AvgIpc) is 2.91. The summed E-state index contributed by atoms with van der Waals surface area (Å²) in [7, 11) is -3.56. The number of fused-ring (bicyclic) bond motifs is 1. The van der Waals surface area contributed by atoms with E-state index >= 15 is 0 Å². The maximum absolute atomic E-state index is 13.7. The van der Waals surface area contributed by atoms with Crippen LogP contribution in [0.25, 0.3) is 0 Å². The third-order valence-corrected chi connectivity index (χ3v) is 11.3. The Balaban J connectivity index is 1.24. The number of piperazine rings is 1. The molecular weight excluding hydrogens is 541 g/mol. The fourth-order valence-electron chi connectivity index (χ4n) is 6.14. The van der Waals surface area contributed by atoms with E-state index in [1.54, 1.807) is 36.4 Å². The van der Waals surface area contributed by atoms with Crippen molar-refractivity contribution in [3.63, 3.8) is 0 Å². The molecule has 0 aromatic heterocycles. The van der Waals surface area contributed by atoms with Crippen molar-refractivity contribution in [3.8, 4) is 0 Å². The van der Waals surface area contributed by atoms with Crippen LogP contribution in [0.15, 0.2) is 65.1 Å². The number of carbonyl (C=O) groups excluding carboxylic acids is 1. The number of sulfonamides is 1. The first kappa shape index (κ1) is 27.7. The summed E-state index contributed by atoms with van der Waals surface area (Å²) in [6.45, 7) is 8.57. The van der Waals surface area contributed by atoms with Crippen LogP contribution in [-0.4, -0.2) is 74.2 Å². The third-order valence-electron chi connectivity index (χ3n) is 8.82. The maximum Gasteiger partial charge on any atom is 0.255 e. The summed E-state index contributed by atoms with van der Waals surface area (Å²) < 4.78 is 27.6. The van der Waals surface area contributed by atoms with Gasteiger partial charge in [-0.25, -0.2) is 8.42 Å². The summed E-state index contributed by atoms with van der Waals surface area (Å²) in [5.41, 5.74) is 2.17. The lowest BCUT2D eigenvalue weighted by Gasteiger charge is -2.57. The normalized spacial score (nSPS) is 23.4. The first-order valence-electron chi connectivity index (χ1n) is 13.3. The highest BCUT2D eigenvalue weighted by molar-refractivity contribution is 7.89. The van der Waals surface area contributed by atoms with Gasteiger partial charge in [0.1, 0.15) is 0 Å². The molecule has 9 heteroatoms. The molecular formula is C29H35Cl2N3O3S. The highest BCUT2D eigenvalue weighted by Crippen LogP contribution is 2.59. The Morgan fingerprint density at radius 2 is 1.71 bits per heavy atom. The van der Waals surface area contributed by atoms with Crippen molar-refractivity contribution in [1.82, 2.24) is 14.1 Å². The van der Waals surface area contributed by atoms with Crippen LogP contribution in [-0.2, 0) is 10.0 Å². The summed E-state index contributed by atoms with van der Waals surface area (Å²) >= 11 is 12.3. The summed E-state index contributed by atoms with van der Waals surface area (Å²) in [6, 6.07) is 13.5. The van der Waals surface area contributed by atoms with Gasteiger partial charge >= 0.3 is 0 Å². The maximum atomic E-state index is 13.7. The van der Waals surface area contributed by atoms with Gasteiger partial charge in [-0.1, -0.05) is 60.8 Å². The number of allylic oxidation sites excluding steroid dienone is 1. The van der Waals surface area contributed by atoms with Crippen molar-refractivity contribution in [2.24, 2.45) is 17.3 Å². The molecule has 6 rings (SSSR count). The van der Waals surface area contributed by atoms with Crippen molar-refractivity contribution >= 4 is 39.1 Å². The molecule has 2 aromatic carbocycles. The molecule has 2 aromatic rings. The van der Waals surface area contributed by atoms with E-state index in [0.717, 1.165) is 12.3 Å². The molecule has 4 aliphatic rings. The van der Waals surface area contributed by atoms with Crippen LogP contribution in [0.2, 0.25) is 10.0 Å². The Hall–Kier alpha value is -1.90. The number of amides is 1. The average molecular weight is 577 g/mol. The van der Waals surface area contributed by atoms with Gasteiger partial charge in [0.25, 0.3) is 5.91 Å². The lowest BCUT2D eigenvalue weighted by atomic mass is 9.49. The van der Waals surface area contributed by atoms with Crippen molar-refractivity contribution in [3.05, 3.63) is 75.8 Å². The molecule has 204 valence electrons. The zero-order valence-corrected chi connectivity index (χ0v) is 24.3. The van der Waals surface area contributed by atoms with Crippen LogP contribution in [0.4, 0.5) is 0 Å². The number of hydrogen-bond donors (Lipinski definition) is 0. The van der Waals surface area contributed by atoms with E-state index in [1.807, 2.05) is 17.0 Å². The molecule has 0 N–H and O–H groups in total. The van der Waals surface area contributed by atoms with Crippen LogP contribution >= 0.6 is 23.2 Å². The number of hydrogen-bond acceptors (Lipinski definition) is 4. The van der Waals surface area contributed by atoms with E-state index in [2.05, 4.69) is 24.8 Å². The number of nitrogens with zero attached hydrogens (tertiary/aromatic N) is 3. The minimum absolute atomic E-state index is 0.0558. The minimum atomic E-state index is -3.56. The molecule has 1 heterocycles. The van der Waals surface area contributed by atoms with Gasteiger partial charge in [0.05, 0.1) is 15.5 Å². The van der Waals surface area contributed by atoms with Gasteiger partial charge < -0.3 is 4.90 Å². The number of benzene rings is 2. The Morgan fingerprint density at radius 3 is 2.34 bits per heavy atom. The van der Waals surface area contributed by atoms with Crippen molar-refractivity contribution in [2.75, 3.05) is 45.8 Å². The Labute approximate surface area is 236 Å². The standard InChI is InChI=1S/C29H35Cl2N3O3S/c1-29(2)22-8-7-21(26(29)19-22)20-33(28(35)25-5-3-4-6-27(25)31)16-13-32-14-17-34(18-15-32)38(36,37)24-11-9-23(30)10-12-24/h3-7,9-12,22,26H,8,13-20H2,1-2H3. The second kappa shape index (κ2) is 10.9. The van der Waals surface area contributed by atoms with Gasteiger partial charge in [0.15, 0.2) is 0 Å². The summed E-state index contributed by atoms with van der Waals surface area (Å²) in [4.78, 5) is 18.1. The fourth-order valence-corrected chi connectivity index (χ4v) is 7.91. The number of rotatable bonds is 8. The van der Waals surface area contributed by atoms with E-state index in [-0.39, 0.29) is 16.2 Å². The predicted molar refractivity (Wildman–Crippen MR) is 152 cm³/mol. The van der Waals surface area contributed by atoms with E-state index in [4.69, 9.17) is 23.2 Å². The summed E-state index contributed by atoms with van der Waals surface area (Å²) in [6.07, 6.45) is 4.63. The molecule has 2 bridgehead atoms. The summed E-state index contributed by atoms with van der Waals surface area (Å²) in [5.74, 6) is 1.20. The minimum Gasteiger partial charge on any atom is -0.333 e. The molecule has 1 amide bonds. The number of carbonyl (C=O) groups is 1. The van der Waals surface area contributed by atoms with Crippen molar-refractivity contribution in [1.29, 1.82) is 0 Å². The van der Waals surface area contributed by atoms with Gasteiger partial charge in [-0.05, 0) is 66.5 Å². The molecule has 38 heavy (non-hydrogen) atoms. The van der Waals surface area contributed by atoms with Gasteiger partial charge in [0, 0.05) is 50.8 Å². The second-order valence-corrected chi connectivity index (χ2v) is 14.0. The molecule has 6 nitrogen and oxygen atoms in total. The van der Waals surface area contributed by atoms with E-state index in [1.165, 1.54) is 16.3 Å². The van der Waals surface area contributed by atoms with E-state index in [0.29, 0.717) is 67.3 Å². The third kappa shape index (κ3) is 5.41. The lowest BCUT2D eigenvalue weighted by Crippen LogP contribution is -2.52. The predicted octanol–water partition coefficient (Wildman–Crippen LogP) is 5.43. The van der Waals surface area contributed by atoms with Crippen molar-refractivity contribution in [2.45, 2.75) is 31.6 Å². The summed E-state index contributed by atoms with van der Waals surface area (Å²) in [5, 5.41) is 0.972. The zero-order chi connectivity index (χ0) is 27.1. The molecule has 0 radical (unpaired) electrons. The first-order valence-corrected chi connectivity index (χ1v) is 15.5. The van der Waals surface area contributed by atoms with Gasteiger partial charge in [-0.3, -0.25) is 9.69 Å². The van der Waals surface area contributed by atoms with Crippen LogP contribution in [0.1, 0.15) is 37.0 Å². The van der Waals surface area contributed by atoms with E-state index < -0.39 is 10.0 Å². The second-order valence-electron chi connectivity index (χ2n) is 11.2. The van der Waals surface area contributed by atoms with Gasteiger partial charge in [0.2, 0.25) is 10.0 Å². The molecule has 1 aliphatic heterocycles. The van der Waals surface area contributed by atoms with Crippen LogP contribution in [0, 0.1) is 17.3 Å². The topological polar surface area (TPSA) is 60.9 Å². The van der Waals surface area contributed by atoms with Gasteiger partial charge in [-0.15, -0.1) is 0 Å². The molecule has 0 spiro atoms. The van der Waals surface area contributed by atoms with E-state index in [9.17, 15) is 13.2 Å². The van der Waals surface area contributed by atoms with Crippen LogP contribution < -0.4 is 0 Å². The number of halogens is 2. The highest BCUT2D eigenvalue weighted by Gasteiger charge is 2.51. The zero-order valence-electron chi connectivity index (χ0n) is 21.9.